The first kappa shape index (κ1) is 14.2. The summed E-state index contributed by atoms with van der Waals surface area (Å²) in [5, 5.41) is 3.50. The molecule has 4 nitrogen and oxygen atoms in total. The highest BCUT2D eigenvalue weighted by molar-refractivity contribution is 6.30. The van der Waals surface area contributed by atoms with Gasteiger partial charge in [-0.2, -0.15) is 0 Å². The molecular formula is C14H19ClN2O2. The molecule has 3 N–H and O–H groups in total. The Bertz CT molecular complexity index is 471. The Hall–Kier alpha value is -1.26. The van der Waals surface area contributed by atoms with Crippen molar-refractivity contribution < 1.29 is 9.53 Å². The Kier molecular flexibility index (Phi) is 4.32. The van der Waals surface area contributed by atoms with Crippen molar-refractivity contribution in [2.75, 3.05) is 7.11 Å². The Morgan fingerprint density at radius 1 is 1.47 bits per heavy atom. The summed E-state index contributed by atoms with van der Waals surface area (Å²) in [5.74, 6) is 0.620. The molecule has 1 aromatic rings. The van der Waals surface area contributed by atoms with E-state index in [4.69, 9.17) is 22.1 Å². The second kappa shape index (κ2) is 5.80. The lowest BCUT2D eigenvalue weighted by Gasteiger charge is -2.22. The van der Waals surface area contributed by atoms with Crippen LogP contribution in [0.25, 0.3) is 0 Å². The SMILES string of the molecule is COc1ccc(Cl)cc1CNC(=O)C1(N)CCCC1. The normalized spacial score (nSPS) is 17.2. The summed E-state index contributed by atoms with van der Waals surface area (Å²) in [6.45, 7) is 0.377. The van der Waals surface area contributed by atoms with Crippen LogP contribution in [0.1, 0.15) is 31.2 Å². The summed E-state index contributed by atoms with van der Waals surface area (Å²) < 4.78 is 5.24. The highest BCUT2D eigenvalue weighted by atomic mass is 35.5. The van der Waals surface area contributed by atoms with Crippen molar-refractivity contribution in [1.82, 2.24) is 5.32 Å². The molecule has 0 saturated heterocycles. The van der Waals surface area contributed by atoms with Crippen molar-refractivity contribution in [3.8, 4) is 5.75 Å². The second-order valence-electron chi connectivity index (χ2n) is 5.00. The minimum Gasteiger partial charge on any atom is -0.496 e. The highest BCUT2D eigenvalue weighted by Crippen LogP contribution is 2.28. The average Bonchev–Trinajstić information content (AvgIpc) is 2.84. The molecule has 1 saturated carbocycles. The fourth-order valence-electron chi connectivity index (χ4n) is 2.47. The van der Waals surface area contributed by atoms with Gasteiger partial charge in [0, 0.05) is 17.1 Å². The summed E-state index contributed by atoms with van der Waals surface area (Å²) in [6, 6.07) is 5.34. The number of methoxy groups -OCH3 is 1. The van der Waals surface area contributed by atoms with Gasteiger partial charge in [0.05, 0.1) is 12.6 Å². The van der Waals surface area contributed by atoms with Gasteiger partial charge < -0.3 is 15.8 Å². The van der Waals surface area contributed by atoms with E-state index in [-0.39, 0.29) is 5.91 Å². The van der Waals surface area contributed by atoms with Crippen LogP contribution in [0.4, 0.5) is 0 Å². The number of rotatable bonds is 4. The van der Waals surface area contributed by atoms with Crippen molar-refractivity contribution in [2.24, 2.45) is 5.73 Å². The number of halogens is 1. The minimum absolute atomic E-state index is 0.0907. The van der Waals surface area contributed by atoms with Gasteiger partial charge in [-0.3, -0.25) is 4.79 Å². The fraction of sp³-hybridized carbons (Fsp3) is 0.500. The summed E-state index contributed by atoms with van der Waals surface area (Å²) in [4.78, 5) is 12.1. The van der Waals surface area contributed by atoms with E-state index in [2.05, 4.69) is 5.32 Å². The molecule has 19 heavy (non-hydrogen) atoms. The van der Waals surface area contributed by atoms with Gasteiger partial charge in [0.2, 0.25) is 5.91 Å². The molecule has 0 unspecified atom stereocenters. The molecule has 0 aliphatic heterocycles. The monoisotopic (exact) mass is 282 g/mol. The molecule has 0 spiro atoms. The van der Waals surface area contributed by atoms with Crippen LogP contribution in [-0.2, 0) is 11.3 Å². The van der Waals surface area contributed by atoms with Crippen LogP contribution < -0.4 is 15.8 Å². The van der Waals surface area contributed by atoms with Crippen LogP contribution in [0.2, 0.25) is 5.02 Å². The van der Waals surface area contributed by atoms with Crippen molar-refractivity contribution in [3.05, 3.63) is 28.8 Å². The summed E-state index contributed by atoms with van der Waals surface area (Å²) >= 11 is 5.95. The molecule has 1 aliphatic rings. The van der Waals surface area contributed by atoms with Gasteiger partial charge in [-0.25, -0.2) is 0 Å². The first-order valence-electron chi connectivity index (χ1n) is 6.45. The van der Waals surface area contributed by atoms with Crippen LogP contribution in [0, 0.1) is 0 Å². The third-order valence-corrected chi connectivity index (χ3v) is 3.86. The van der Waals surface area contributed by atoms with Crippen LogP contribution in [0.5, 0.6) is 5.75 Å². The smallest absolute Gasteiger partial charge is 0.240 e. The summed E-state index contributed by atoms with van der Waals surface area (Å²) in [6.07, 6.45) is 3.55. The molecule has 0 heterocycles. The Balaban J connectivity index is 2.02. The van der Waals surface area contributed by atoms with E-state index >= 15 is 0 Å². The molecule has 1 amide bonds. The molecule has 0 radical (unpaired) electrons. The van der Waals surface area contributed by atoms with E-state index < -0.39 is 5.54 Å². The molecule has 1 aromatic carbocycles. The molecule has 0 aromatic heterocycles. The van der Waals surface area contributed by atoms with E-state index in [9.17, 15) is 4.79 Å². The topological polar surface area (TPSA) is 64.3 Å². The highest BCUT2D eigenvalue weighted by Gasteiger charge is 2.36. The lowest BCUT2D eigenvalue weighted by Crippen LogP contribution is -2.51. The van der Waals surface area contributed by atoms with Crippen molar-refractivity contribution in [3.63, 3.8) is 0 Å². The molecule has 0 bridgehead atoms. The van der Waals surface area contributed by atoms with Crippen molar-refractivity contribution in [2.45, 2.75) is 37.8 Å². The van der Waals surface area contributed by atoms with Crippen molar-refractivity contribution in [1.29, 1.82) is 0 Å². The van der Waals surface area contributed by atoms with Gasteiger partial charge in [0.1, 0.15) is 5.75 Å². The Morgan fingerprint density at radius 3 is 2.79 bits per heavy atom. The van der Waals surface area contributed by atoms with Gasteiger partial charge in [0.15, 0.2) is 0 Å². The minimum atomic E-state index is -0.703. The second-order valence-corrected chi connectivity index (χ2v) is 5.44. The number of benzene rings is 1. The number of hydrogen-bond acceptors (Lipinski definition) is 3. The van der Waals surface area contributed by atoms with Crippen LogP contribution in [-0.4, -0.2) is 18.6 Å². The summed E-state index contributed by atoms with van der Waals surface area (Å²) in [5.41, 5.74) is 6.25. The van der Waals surface area contributed by atoms with Crippen LogP contribution >= 0.6 is 11.6 Å². The maximum absolute atomic E-state index is 12.1. The van der Waals surface area contributed by atoms with E-state index in [1.165, 1.54) is 0 Å². The molecule has 2 rings (SSSR count). The predicted molar refractivity (Wildman–Crippen MR) is 75.2 cm³/mol. The van der Waals surface area contributed by atoms with E-state index in [0.717, 1.165) is 31.2 Å². The zero-order valence-electron chi connectivity index (χ0n) is 11.0. The average molecular weight is 283 g/mol. The largest absolute Gasteiger partial charge is 0.496 e. The predicted octanol–water partition coefficient (Wildman–Crippen LogP) is 2.24. The zero-order chi connectivity index (χ0) is 13.9. The number of nitrogens with one attached hydrogen (secondary N) is 1. The van der Waals surface area contributed by atoms with Crippen LogP contribution in [0.15, 0.2) is 18.2 Å². The Morgan fingerprint density at radius 2 is 2.16 bits per heavy atom. The Labute approximate surface area is 118 Å². The van der Waals surface area contributed by atoms with Crippen molar-refractivity contribution >= 4 is 17.5 Å². The molecule has 0 atom stereocenters. The zero-order valence-corrected chi connectivity index (χ0v) is 11.8. The van der Waals surface area contributed by atoms with Gasteiger partial charge in [-0.05, 0) is 31.0 Å². The molecule has 5 heteroatoms. The number of carbonyl (C=O) groups is 1. The molecule has 1 aliphatic carbocycles. The first-order valence-corrected chi connectivity index (χ1v) is 6.82. The van der Waals surface area contributed by atoms with Crippen LogP contribution in [0.3, 0.4) is 0 Å². The molecular weight excluding hydrogens is 264 g/mol. The standard InChI is InChI=1S/C14H19ClN2O2/c1-19-12-5-4-11(15)8-10(12)9-17-13(18)14(16)6-2-3-7-14/h4-5,8H,2-3,6-7,9,16H2,1H3,(H,17,18). The molecule has 104 valence electrons. The van der Waals surface area contributed by atoms with Gasteiger partial charge >= 0.3 is 0 Å². The third kappa shape index (κ3) is 3.19. The maximum atomic E-state index is 12.1. The molecule has 1 fully saturated rings. The van der Waals surface area contributed by atoms with E-state index in [1.54, 1.807) is 25.3 Å². The third-order valence-electron chi connectivity index (χ3n) is 3.63. The fourth-order valence-corrected chi connectivity index (χ4v) is 2.66. The van der Waals surface area contributed by atoms with E-state index in [1.807, 2.05) is 0 Å². The number of nitrogens with two attached hydrogens (primary N) is 1. The summed E-state index contributed by atoms with van der Waals surface area (Å²) in [7, 11) is 1.59. The lowest BCUT2D eigenvalue weighted by molar-refractivity contribution is -0.126. The van der Waals surface area contributed by atoms with Gasteiger partial charge in [0.25, 0.3) is 0 Å². The first-order chi connectivity index (χ1) is 9.05. The quantitative estimate of drug-likeness (QED) is 0.890. The number of ether oxygens (including phenoxy) is 1. The van der Waals surface area contributed by atoms with E-state index in [0.29, 0.717) is 17.3 Å². The van der Waals surface area contributed by atoms with Gasteiger partial charge in [-0.15, -0.1) is 0 Å². The van der Waals surface area contributed by atoms with Gasteiger partial charge in [-0.1, -0.05) is 24.4 Å². The number of amides is 1. The number of hydrogen-bond donors (Lipinski definition) is 2. The maximum Gasteiger partial charge on any atom is 0.240 e. The lowest BCUT2D eigenvalue weighted by atomic mass is 9.98. The number of carbonyl (C=O) groups excluding carboxylic acids is 1.